The van der Waals surface area contributed by atoms with Crippen molar-refractivity contribution in [3.05, 3.63) is 76.2 Å². The third-order valence-corrected chi connectivity index (χ3v) is 4.68. The first kappa shape index (κ1) is 20.4. The van der Waals surface area contributed by atoms with Crippen molar-refractivity contribution < 1.29 is 18.7 Å². The van der Waals surface area contributed by atoms with Crippen LogP contribution in [0, 0.1) is 12.7 Å². The maximum absolute atomic E-state index is 13.2. The number of aryl methyl sites for hydroxylation is 1. The van der Waals surface area contributed by atoms with E-state index in [2.05, 4.69) is 10.3 Å². The molecular weight excluding hydrogens is 373 g/mol. The number of benzene rings is 2. The van der Waals surface area contributed by atoms with Crippen LogP contribution in [0.5, 0.6) is 0 Å². The Hall–Kier alpha value is -3.32. The van der Waals surface area contributed by atoms with E-state index in [1.807, 2.05) is 6.07 Å². The summed E-state index contributed by atoms with van der Waals surface area (Å²) in [6.07, 6.45) is 2.23. The first-order valence-corrected chi connectivity index (χ1v) is 9.18. The predicted octanol–water partition coefficient (Wildman–Crippen LogP) is 2.75. The van der Waals surface area contributed by atoms with Crippen molar-refractivity contribution >= 4 is 22.8 Å². The summed E-state index contributed by atoms with van der Waals surface area (Å²) in [6.45, 7) is 2.38. The van der Waals surface area contributed by atoms with Crippen molar-refractivity contribution in [2.75, 3.05) is 20.2 Å². The lowest BCUT2D eigenvalue weighted by molar-refractivity contribution is 0.0600. The lowest BCUT2D eigenvalue weighted by atomic mass is 9.96. The maximum Gasteiger partial charge on any atom is 0.338 e. The number of amides is 1. The van der Waals surface area contributed by atoms with E-state index in [4.69, 9.17) is 10.5 Å². The van der Waals surface area contributed by atoms with Gasteiger partial charge >= 0.3 is 5.97 Å². The van der Waals surface area contributed by atoms with Crippen molar-refractivity contribution in [2.24, 2.45) is 5.73 Å². The van der Waals surface area contributed by atoms with Crippen LogP contribution in [0.3, 0.4) is 0 Å². The molecule has 6 nitrogen and oxygen atoms in total. The lowest BCUT2D eigenvalue weighted by Crippen LogP contribution is -2.29. The van der Waals surface area contributed by atoms with Gasteiger partial charge in [-0.1, -0.05) is 12.1 Å². The minimum Gasteiger partial charge on any atom is -0.465 e. The minimum absolute atomic E-state index is 0.289. The fourth-order valence-electron chi connectivity index (χ4n) is 3.20. The van der Waals surface area contributed by atoms with Crippen molar-refractivity contribution in [3.63, 3.8) is 0 Å². The summed E-state index contributed by atoms with van der Waals surface area (Å²) in [5.74, 6) is -1.17. The number of methoxy groups -OCH3 is 1. The Morgan fingerprint density at radius 2 is 1.86 bits per heavy atom. The second-order valence-electron chi connectivity index (χ2n) is 6.68. The summed E-state index contributed by atoms with van der Waals surface area (Å²) >= 11 is 0. The highest BCUT2D eigenvalue weighted by Crippen LogP contribution is 2.27. The van der Waals surface area contributed by atoms with Crippen molar-refractivity contribution in [1.29, 1.82) is 0 Å². The Morgan fingerprint density at radius 1 is 1.14 bits per heavy atom. The number of carbonyl (C=O) groups is 2. The summed E-state index contributed by atoms with van der Waals surface area (Å²) in [5, 5.41) is 3.36. The van der Waals surface area contributed by atoms with Gasteiger partial charge in [0.1, 0.15) is 5.82 Å². The molecule has 0 radical (unpaired) electrons. The third kappa shape index (κ3) is 4.41. The van der Waals surface area contributed by atoms with Gasteiger partial charge in [-0.05, 0) is 54.3 Å². The Morgan fingerprint density at radius 3 is 2.52 bits per heavy atom. The van der Waals surface area contributed by atoms with E-state index < -0.39 is 5.97 Å². The van der Waals surface area contributed by atoms with Gasteiger partial charge in [0.25, 0.3) is 5.91 Å². The molecule has 1 aromatic heterocycles. The molecule has 0 saturated carbocycles. The highest BCUT2D eigenvalue weighted by molar-refractivity contribution is 6.10. The van der Waals surface area contributed by atoms with Gasteiger partial charge in [-0.3, -0.25) is 9.78 Å². The molecule has 29 heavy (non-hydrogen) atoms. The molecule has 0 aliphatic rings. The number of rotatable bonds is 6. The highest BCUT2D eigenvalue weighted by Gasteiger charge is 2.20. The van der Waals surface area contributed by atoms with Crippen LogP contribution in [-0.2, 0) is 11.2 Å². The van der Waals surface area contributed by atoms with E-state index in [0.29, 0.717) is 41.5 Å². The van der Waals surface area contributed by atoms with Gasteiger partial charge in [-0.25, -0.2) is 9.18 Å². The fraction of sp³-hybridized carbons (Fsp3) is 0.227. The normalized spacial score (nSPS) is 10.8. The zero-order valence-electron chi connectivity index (χ0n) is 16.3. The molecule has 0 atom stereocenters. The molecule has 0 spiro atoms. The smallest absolute Gasteiger partial charge is 0.338 e. The standard InChI is InChI=1S/C22H22FN3O3/c1-13-17(22(28)29-2)11-19(21(27)25-8-7-24)18-10-15(12-26-20(13)18)9-14-3-5-16(23)6-4-14/h3-6,10-12H,7-9,24H2,1-2H3,(H,25,27). The molecule has 0 fully saturated rings. The number of hydrogen-bond donors (Lipinski definition) is 2. The summed E-state index contributed by atoms with van der Waals surface area (Å²) in [6, 6.07) is 9.63. The molecule has 0 saturated heterocycles. The summed E-state index contributed by atoms with van der Waals surface area (Å²) < 4.78 is 18.0. The number of nitrogens with one attached hydrogen (secondary N) is 1. The van der Waals surface area contributed by atoms with Crippen LogP contribution in [-0.4, -0.2) is 37.1 Å². The van der Waals surface area contributed by atoms with Crippen molar-refractivity contribution in [1.82, 2.24) is 10.3 Å². The molecule has 3 aromatic rings. The first-order valence-electron chi connectivity index (χ1n) is 9.18. The third-order valence-electron chi connectivity index (χ3n) is 4.68. The lowest BCUT2D eigenvalue weighted by Gasteiger charge is -2.14. The van der Waals surface area contributed by atoms with Crippen LogP contribution >= 0.6 is 0 Å². The number of nitrogens with two attached hydrogens (primary N) is 1. The molecular formula is C22H22FN3O3. The zero-order valence-corrected chi connectivity index (χ0v) is 16.3. The van der Waals surface area contributed by atoms with E-state index in [9.17, 15) is 14.0 Å². The predicted molar refractivity (Wildman–Crippen MR) is 108 cm³/mol. The number of fused-ring (bicyclic) bond motifs is 1. The molecule has 0 unspecified atom stereocenters. The number of ether oxygens (including phenoxy) is 1. The molecule has 0 aliphatic carbocycles. The molecule has 0 aliphatic heterocycles. The highest BCUT2D eigenvalue weighted by atomic mass is 19.1. The molecule has 3 rings (SSSR count). The Labute approximate surface area is 167 Å². The Bertz CT molecular complexity index is 1070. The molecule has 2 aromatic carbocycles. The van der Waals surface area contributed by atoms with Crippen LogP contribution in [0.15, 0.2) is 42.6 Å². The molecule has 1 heterocycles. The van der Waals surface area contributed by atoms with Gasteiger partial charge < -0.3 is 15.8 Å². The number of aromatic nitrogens is 1. The number of esters is 1. The zero-order chi connectivity index (χ0) is 21.0. The molecule has 7 heteroatoms. The van der Waals surface area contributed by atoms with Crippen LogP contribution < -0.4 is 11.1 Å². The Kier molecular flexibility index (Phi) is 6.19. The molecule has 0 bridgehead atoms. The largest absolute Gasteiger partial charge is 0.465 e. The Balaban J connectivity index is 2.11. The van der Waals surface area contributed by atoms with Gasteiger partial charge in [0, 0.05) is 30.2 Å². The maximum atomic E-state index is 13.2. The van der Waals surface area contributed by atoms with Crippen molar-refractivity contribution in [2.45, 2.75) is 13.3 Å². The average Bonchev–Trinajstić information content (AvgIpc) is 2.73. The van der Waals surface area contributed by atoms with E-state index in [1.165, 1.54) is 25.3 Å². The number of hydrogen-bond acceptors (Lipinski definition) is 5. The summed E-state index contributed by atoms with van der Waals surface area (Å²) in [7, 11) is 1.29. The van der Waals surface area contributed by atoms with Crippen LogP contribution in [0.4, 0.5) is 4.39 Å². The monoisotopic (exact) mass is 395 g/mol. The van der Waals surface area contributed by atoms with E-state index >= 15 is 0 Å². The number of nitrogens with zero attached hydrogens (tertiary/aromatic N) is 1. The van der Waals surface area contributed by atoms with E-state index in [0.717, 1.165) is 11.1 Å². The quantitative estimate of drug-likeness (QED) is 0.626. The second-order valence-corrected chi connectivity index (χ2v) is 6.68. The van der Waals surface area contributed by atoms with E-state index in [1.54, 1.807) is 25.3 Å². The SMILES string of the molecule is COC(=O)c1cc(C(=O)NCCN)c2cc(Cc3ccc(F)cc3)cnc2c1C. The van der Waals surface area contributed by atoms with Crippen molar-refractivity contribution in [3.8, 4) is 0 Å². The van der Waals surface area contributed by atoms with E-state index in [-0.39, 0.29) is 17.3 Å². The fourth-order valence-corrected chi connectivity index (χ4v) is 3.20. The van der Waals surface area contributed by atoms with Crippen LogP contribution in [0.1, 0.15) is 37.4 Å². The van der Waals surface area contributed by atoms with Crippen LogP contribution in [0.2, 0.25) is 0 Å². The number of halogens is 1. The second kappa shape index (κ2) is 8.79. The van der Waals surface area contributed by atoms with Gasteiger partial charge in [0.05, 0.1) is 18.2 Å². The van der Waals surface area contributed by atoms with Gasteiger partial charge in [-0.2, -0.15) is 0 Å². The first-order chi connectivity index (χ1) is 13.9. The van der Waals surface area contributed by atoms with Crippen LogP contribution in [0.25, 0.3) is 10.9 Å². The molecule has 3 N–H and O–H groups in total. The van der Waals surface area contributed by atoms with Gasteiger partial charge in [0.15, 0.2) is 0 Å². The minimum atomic E-state index is -0.533. The summed E-state index contributed by atoms with van der Waals surface area (Å²) in [5.41, 5.74) is 9.07. The molecule has 150 valence electrons. The number of pyridine rings is 1. The summed E-state index contributed by atoms with van der Waals surface area (Å²) in [4.78, 5) is 29.4. The van der Waals surface area contributed by atoms with Gasteiger partial charge in [0.2, 0.25) is 0 Å². The number of carbonyl (C=O) groups excluding carboxylic acids is 2. The average molecular weight is 395 g/mol. The van der Waals surface area contributed by atoms with Gasteiger partial charge in [-0.15, -0.1) is 0 Å². The molecule has 1 amide bonds. The topological polar surface area (TPSA) is 94.3 Å².